The van der Waals surface area contributed by atoms with Crippen LogP contribution in [0.25, 0.3) is 11.3 Å². The van der Waals surface area contributed by atoms with E-state index in [9.17, 15) is 8.42 Å². The van der Waals surface area contributed by atoms with E-state index in [1.165, 1.54) is 11.4 Å². The predicted molar refractivity (Wildman–Crippen MR) is 139 cm³/mol. The Labute approximate surface area is 218 Å². The van der Waals surface area contributed by atoms with Gasteiger partial charge in [0.15, 0.2) is 17.3 Å². The summed E-state index contributed by atoms with van der Waals surface area (Å²) in [4.78, 5) is 2.15. The van der Waals surface area contributed by atoms with E-state index in [4.69, 9.17) is 18.9 Å². The van der Waals surface area contributed by atoms with Gasteiger partial charge in [-0.2, -0.15) is 4.31 Å². The van der Waals surface area contributed by atoms with Crippen molar-refractivity contribution in [3.63, 3.8) is 0 Å². The third-order valence-corrected chi connectivity index (χ3v) is 8.33. The van der Waals surface area contributed by atoms with Crippen LogP contribution in [-0.2, 0) is 10.0 Å². The average Bonchev–Trinajstić information content (AvgIpc) is 2.92. The zero-order valence-electron chi connectivity index (χ0n) is 20.4. The maximum absolute atomic E-state index is 13.3. The van der Waals surface area contributed by atoms with Crippen LogP contribution in [0.4, 0.5) is 5.82 Å². The summed E-state index contributed by atoms with van der Waals surface area (Å²) >= 11 is 3.35. The Morgan fingerprint density at radius 1 is 0.778 bits per heavy atom. The number of methoxy groups -OCH3 is 4. The molecule has 10 nitrogen and oxygen atoms in total. The first-order valence-corrected chi connectivity index (χ1v) is 13.3. The van der Waals surface area contributed by atoms with Crippen LogP contribution in [-0.4, -0.2) is 77.5 Å². The molecule has 0 aliphatic carbocycles. The molecule has 0 bridgehead atoms. The van der Waals surface area contributed by atoms with Gasteiger partial charge in [0.1, 0.15) is 10.6 Å². The molecular weight excluding hydrogens is 552 g/mol. The SMILES string of the molecule is COc1ccc(Br)cc1S(=O)(=O)N1CCN(c2ccc(-c3cc(OC)c(OC)c(OC)c3)nn2)CC1. The molecule has 4 rings (SSSR count). The van der Waals surface area contributed by atoms with E-state index in [1.807, 2.05) is 29.2 Å². The number of piperazine rings is 1. The first kappa shape index (κ1) is 26.0. The quantitative estimate of drug-likeness (QED) is 0.397. The van der Waals surface area contributed by atoms with E-state index in [-0.39, 0.29) is 4.90 Å². The number of hydrogen-bond acceptors (Lipinski definition) is 9. The number of benzene rings is 2. The molecule has 1 aliphatic rings. The van der Waals surface area contributed by atoms with Crippen LogP contribution >= 0.6 is 15.9 Å². The summed E-state index contributed by atoms with van der Waals surface area (Å²) in [6.45, 7) is 1.59. The highest BCUT2D eigenvalue weighted by Gasteiger charge is 2.31. The van der Waals surface area contributed by atoms with Crippen LogP contribution < -0.4 is 23.8 Å². The molecule has 0 saturated carbocycles. The van der Waals surface area contributed by atoms with Gasteiger partial charge in [-0.15, -0.1) is 10.2 Å². The minimum atomic E-state index is -3.71. The molecule has 0 atom stereocenters. The molecule has 36 heavy (non-hydrogen) atoms. The molecule has 3 aromatic rings. The number of anilines is 1. The second-order valence-corrected chi connectivity index (χ2v) is 10.7. The molecule has 1 aromatic heterocycles. The third kappa shape index (κ3) is 5.06. The van der Waals surface area contributed by atoms with E-state index in [0.717, 1.165) is 5.56 Å². The molecule has 0 unspecified atom stereocenters. The van der Waals surface area contributed by atoms with Gasteiger partial charge >= 0.3 is 0 Å². The minimum absolute atomic E-state index is 0.141. The highest BCUT2D eigenvalue weighted by Crippen LogP contribution is 2.40. The first-order valence-electron chi connectivity index (χ1n) is 11.0. The average molecular weight is 579 g/mol. The summed E-state index contributed by atoms with van der Waals surface area (Å²) in [5.41, 5.74) is 1.41. The maximum atomic E-state index is 13.3. The maximum Gasteiger partial charge on any atom is 0.246 e. The van der Waals surface area contributed by atoms with Crippen molar-refractivity contribution < 1.29 is 27.4 Å². The van der Waals surface area contributed by atoms with Gasteiger partial charge in [0.2, 0.25) is 15.8 Å². The Morgan fingerprint density at radius 2 is 1.42 bits per heavy atom. The number of nitrogens with zero attached hydrogens (tertiary/aromatic N) is 4. The topological polar surface area (TPSA) is 103 Å². The lowest BCUT2D eigenvalue weighted by Gasteiger charge is -2.34. The van der Waals surface area contributed by atoms with Crippen LogP contribution in [0.5, 0.6) is 23.0 Å². The largest absolute Gasteiger partial charge is 0.495 e. The summed E-state index contributed by atoms with van der Waals surface area (Å²) in [5, 5.41) is 8.77. The molecule has 1 fully saturated rings. The van der Waals surface area contributed by atoms with Gasteiger partial charge in [0.05, 0.1) is 34.1 Å². The molecule has 1 aliphatic heterocycles. The fourth-order valence-corrected chi connectivity index (χ4v) is 6.14. The monoisotopic (exact) mass is 578 g/mol. The lowest BCUT2D eigenvalue weighted by molar-refractivity contribution is 0.324. The van der Waals surface area contributed by atoms with E-state index < -0.39 is 10.0 Å². The summed E-state index contributed by atoms with van der Waals surface area (Å²) in [7, 11) is 2.41. The Bertz CT molecular complexity index is 1300. The van der Waals surface area contributed by atoms with Gasteiger partial charge in [-0.3, -0.25) is 0 Å². The number of rotatable bonds is 8. The lowest BCUT2D eigenvalue weighted by Crippen LogP contribution is -2.49. The fraction of sp³-hybridized carbons (Fsp3) is 0.333. The summed E-state index contributed by atoms with van der Waals surface area (Å²) in [5.74, 6) is 2.54. The van der Waals surface area contributed by atoms with Crippen molar-refractivity contribution in [1.29, 1.82) is 0 Å². The molecule has 0 N–H and O–H groups in total. The van der Waals surface area contributed by atoms with Crippen LogP contribution in [0.1, 0.15) is 0 Å². The van der Waals surface area contributed by atoms with Crippen molar-refractivity contribution in [3.8, 4) is 34.3 Å². The van der Waals surface area contributed by atoms with Gasteiger partial charge < -0.3 is 23.8 Å². The van der Waals surface area contributed by atoms with Crippen molar-refractivity contribution in [3.05, 3.63) is 46.9 Å². The number of hydrogen-bond donors (Lipinski definition) is 0. The van der Waals surface area contributed by atoms with Gasteiger partial charge in [0.25, 0.3) is 0 Å². The lowest BCUT2D eigenvalue weighted by atomic mass is 10.1. The van der Waals surface area contributed by atoms with E-state index >= 15 is 0 Å². The Morgan fingerprint density at radius 3 is 1.94 bits per heavy atom. The number of ether oxygens (including phenoxy) is 4. The van der Waals surface area contributed by atoms with Crippen molar-refractivity contribution in [2.75, 3.05) is 59.5 Å². The molecule has 1 saturated heterocycles. The predicted octanol–water partition coefficient (Wildman–Crippen LogP) is 3.45. The molecular formula is C24H27BrN4O6S. The van der Waals surface area contributed by atoms with E-state index in [0.29, 0.717) is 65.2 Å². The van der Waals surface area contributed by atoms with Gasteiger partial charge in [-0.25, -0.2) is 8.42 Å². The van der Waals surface area contributed by atoms with E-state index in [2.05, 4.69) is 26.1 Å². The van der Waals surface area contributed by atoms with Gasteiger partial charge in [0, 0.05) is 36.2 Å². The van der Waals surface area contributed by atoms with Crippen molar-refractivity contribution in [2.24, 2.45) is 0 Å². The summed E-state index contributed by atoms with van der Waals surface area (Å²) < 4.78 is 50.2. The van der Waals surface area contributed by atoms with Crippen molar-refractivity contribution in [2.45, 2.75) is 4.90 Å². The van der Waals surface area contributed by atoms with Crippen LogP contribution in [0, 0.1) is 0 Å². The van der Waals surface area contributed by atoms with Crippen molar-refractivity contribution in [1.82, 2.24) is 14.5 Å². The highest BCUT2D eigenvalue weighted by molar-refractivity contribution is 9.10. The Balaban J connectivity index is 1.49. The normalized spacial score (nSPS) is 14.4. The Kier molecular flexibility index (Phi) is 7.86. The molecule has 0 amide bonds. The van der Waals surface area contributed by atoms with Crippen LogP contribution in [0.3, 0.4) is 0 Å². The fourth-order valence-electron chi connectivity index (χ4n) is 4.03. The molecule has 0 spiro atoms. The Hall–Kier alpha value is -3.09. The number of sulfonamides is 1. The first-order chi connectivity index (χ1) is 17.3. The zero-order valence-corrected chi connectivity index (χ0v) is 22.8. The smallest absolute Gasteiger partial charge is 0.246 e. The summed E-state index contributed by atoms with van der Waals surface area (Å²) in [6, 6.07) is 12.3. The van der Waals surface area contributed by atoms with Crippen LogP contribution in [0.2, 0.25) is 0 Å². The number of aromatic nitrogens is 2. The molecule has 192 valence electrons. The van der Waals surface area contributed by atoms with Crippen molar-refractivity contribution >= 4 is 31.8 Å². The van der Waals surface area contributed by atoms with E-state index in [1.54, 1.807) is 39.5 Å². The second kappa shape index (κ2) is 10.9. The zero-order chi connectivity index (χ0) is 25.9. The molecule has 2 heterocycles. The van der Waals surface area contributed by atoms with Gasteiger partial charge in [-0.05, 0) is 42.5 Å². The number of halogens is 1. The third-order valence-electron chi connectivity index (χ3n) is 5.92. The molecule has 2 aromatic carbocycles. The standard InChI is InChI=1S/C24H27BrN4O6S/c1-32-19-7-5-17(25)15-22(19)36(30,31)29-11-9-28(10-12-29)23-8-6-18(26-27-23)16-13-20(33-2)24(35-4)21(14-16)34-3/h5-8,13-15H,9-12H2,1-4H3. The minimum Gasteiger partial charge on any atom is -0.495 e. The summed E-state index contributed by atoms with van der Waals surface area (Å²) in [6.07, 6.45) is 0. The second-order valence-electron chi connectivity index (χ2n) is 7.88. The molecule has 0 radical (unpaired) electrons. The van der Waals surface area contributed by atoms with Crippen LogP contribution in [0.15, 0.2) is 51.8 Å². The highest BCUT2D eigenvalue weighted by atomic mass is 79.9. The molecule has 12 heteroatoms. The van der Waals surface area contributed by atoms with Gasteiger partial charge in [-0.1, -0.05) is 15.9 Å².